The predicted octanol–water partition coefficient (Wildman–Crippen LogP) is 2.37. The molecule has 0 aliphatic carbocycles. The standard InChI is InChI=1S/C11H23NO/c1-8(2)5-6-10(13)7-11(12)9(3)4/h8-9,11H,5-7,12H2,1-4H3. The van der Waals surface area contributed by atoms with Crippen molar-refractivity contribution in [2.45, 2.75) is 53.0 Å². The van der Waals surface area contributed by atoms with Gasteiger partial charge in [0.25, 0.3) is 0 Å². The molecule has 0 aliphatic heterocycles. The van der Waals surface area contributed by atoms with E-state index in [0.717, 1.165) is 6.42 Å². The van der Waals surface area contributed by atoms with E-state index in [2.05, 4.69) is 27.7 Å². The van der Waals surface area contributed by atoms with Gasteiger partial charge in [0.2, 0.25) is 0 Å². The van der Waals surface area contributed by atoms with Crippen molar-refractivity contribution in [3.63, 3.8) is 0 Å². The van der Waals surface area contributed by atoms with Crippen LogP contribution in [0.3, 0.4) is 0 Å². The molecule has 2 heteroatoms. The number of ketones is 1. The number of carbonyl (C=O) groups is 1. The van der Waals surface area contributed by atoms with Gasteiger partial charge in [0.1, 0.15) is 5.78 Å². The van der Waals surface area contributed by atoms with E-state index in [4.69, 9.17) is 5.73 Å². The molecule has 1 atom stereocenters. The first-order chi connectivity index (χ1) is 5.93. The Labute approximate surface area is 81.9 Å². The lowest BCUT2D eigenvalue weighted by Crippen LogP contribution is -2.29. The van der Waals surface area contributed by atoms with Crippen LogP contribution >= 0.6 is 0 Å². The van der Waals surface area contributed by atoms with E-state index >= 15 is 0 Å². The van der Waals surface area contributed by atoms with E-state index in [0.29, 0.717) is 30.5 Å². The number of nitrogens with two attached hydrogens (primary N) is 1. The van der Waals surface area contributed by atoms with Gasteiger partial charge in [0.15, 0.2) is 0 Å². The van der Waals surface area contributed by atoms with Crippen LogP contribution in [0.25, 0.3) is 0 Å². The van der Waals surface area contributed by atoms with Crippen LogP contribution in [0.4, 0.5) is 0 Å². The van der Waals surface area contributed by atoms with Crippen LogP contribution < -0.4 is 5.73 Å². The zero-order valence-electron chi connectivity index (χ0n) is 9.34. The second-order valence-corrected chi connectivity index (χ2v) is 4.58. The molecule has 0 radical (unpaired) electrons. The van der Waals surface area contributed by atoms with Crippen molar-refractivity contribution in [3.05, 3.63) is 0 Å². The Balaban J connectivity index is 3.62. The Morgan fingerprint density at radius 2 is 1.77 bits per heavy atom. The maximum Gasteiger partial charge on any atom is 0.134 e. The largest absolute Gasteiger partial charge is 0.327 e. The van der Waals surface area contributed by atoms with E-state index < -0.39 is 0 Å². The van der Waals surface area contributed by atoms with Crippen molar-refractivity contribution in [1.29, 1.82) is 0 Å². The highest BCUT2D eigenvalue weighted by molar-refractivity contribution is 5.78. The molecule has 0 amide bonds. The average Bonchev–Trinajstić information content (AvgIpc) is 2.00. The minimum Gasteiger partial charge on any atom is -0.327 e. The predicted molar refractivity (Wildman–Crippen MR) is 56.5 cm³/mol. The van der Waals surface area contributed by atoms with Crippen molar-refractivity contribution < 1.29 is 4.79 Å². The Hall–Kier alpha value is -0.370. The van der Waals surface area contributed by atoms with Crippen molar-refractivity contribution in [1.82, 2.24) is 0 Å². The molecule has 13 heavy (non-hydrogen) atoms. The van der Waals surface area contributed by atoms with Crippen molar-refractivity contribution in [3.8, 4) is 0 Å². The van der Waals surface area contributed by atoms with Crippen LogP contribution in [0.15, 0.2) is 0 Å². The second-order valence-electron chi connectivity index (χ2n) is 4.58. The van der Waals surface area contributed by atoms with Crippen molar-refractivity contribution in [2.75, 3.05) is 0 Å². The molecular formula is C11H23NO. The normalized spacial score (nSPS) is 13.8. The molecule has 0 aromatic heterocycles. The van der Waals surface area contributed by atoms with Crippen LogP contribution in [0, 0.1) is 11.8 Å². The number of hydrogen-bond donors (Lipinski definition) is 1. The van der Waals surface area contributed by atoms with Gasteiger partial charge in [-0.3, -0.25) is 4.79 Å². The summed E-state index contributed by atoms with van der Waals surface area (Å²) >= 11 is 0. The van der Waals surface area contributed by atoms with E-state index in [1.165, 1.54) is 0 Å². The molecule has 2 nitrogen and oxygen atoms in total. The monoisotopic (exact) mass is 185 g/mol. The molecule has 0 rings (SSSR count). The summed E-state index contributed by atoms with van der Waals surface area (Å²) in [7, 11) is 0. The van der Waals surface area contributed by atoms with Gasteiger partial charge in [-0.15, -0.1) is 0 Å². The summed E-state index contributed by atoms with van der Waals surface area (Å²) in [6.45, 7) is 8.38. The highest BCUT2D eigenvalue weighted by atomic mass is 16.1. The topological polar surface area (TPSA) is 43.1 Å². The molecule has 0 aliphatic rings. The lowest BCUT2D eigenvalue weighted by atomic mass is 9.96. The first kappa shape index (κ1) is 12.6. The number of hydrogen-bond acceptors (Lipinski definition) is 2. The van der Waals surface area contributed by atoms with Crippen LogP contribution in [0.2, 0.25) is 0 Å². The molecule has 0 aromatic rings. The van der Waals surface area contributed by atoms with E-state index in [1.807, 2.05) is 0 Å². The molecule has 2 N–H and O–H groups in total. The second kappa shape index (κ2) is 6.14. The summed E-state index contributed by atoms with van der Waals surface area (Å²) in [5.74, 6) is 1.33. The third-order valence-electron chi connectivity index (χ3n) is 2.32. The Morgan fingerprint density at radius 3 is 2.15 bits per heavy atom. The molecule has 78 valence electrons. The Kier molecular flexibility index (Phi) is 5.97. The fraction of sp³-hybridized carbons (Fsp3) is 0.909. The molecule has 0 saturated carbocycles. The molecule has 0 fully saturated rings. The van der Waals surface area contributed by atoms with Gasteiger partial charge in [0, 0.05) is 18.9 Å². The fourth-order valence-electron chi connectivity index (χ4n) is 1.05. The van der Waals surface area contributed by atoms with Gasteiger partial charge in [-0.05, 0) is 18.3 Å². The minimum absolute atomic E-state index is 0.0414. The number of Topliss-reactive ketones (excluding diaryl/α,β-unsaturated/α-hetero) is 1. The quantitative estimate of drug-likeness (QED) is 0.690. The summed E-state index contributed by atoms with van der Waals surface area (Å²) in [4.78, 5) is 11.4. The number of rotatable bonds is 6. The summed E-state index contributed by atoms with van der Waals surface area (Å²) in [6, 6.07) is 0.0414. The van der Waals surface area contributed by atoms with Gasteiger partial charge < -0.3 is 5.73 Å². The van der Waals surface area contributed by atoms with Gasteiger partial charge in [-0.2, -0.15) is 0 Å². The van der Waals surface area contributed by atoms with Crippen LogP contribution in [0.5, 0.6) is 0 Å². The van der Waals surface area contributed by atoms with Crippen LogP contribution in [-0.4, -0.2) is 11.8 Å². The minimum atomic E-state index is 0.0414. The van der Waals surface area contributed by atoms with Crippen LogP contribution in [0.1, 0.15) is 47.0 Å². The summed E-state index contributed by atoms with van der Waals surface area (Å²) in [6.07, 6.45) is 2.23. The van der Waals surface area contributed by atoms with E-state index in [9.17, 15) is 4.79 Å². The molecule has 0 spiro atoms. The summed E-state index contributed by atoms with van der Waals surface area (Å²) in [5.41, 5.74) is 5.80. The lowest BCUT2D eigenvalue weighted by Gasteiger charge is -2.14. The first-order valence-corrected chi connectivity index (χ1v) is 5.20. The van der Waals surface area contributed by atoms with Gasteiger partial charge in [-0.1, -0.05) is 27.7 Å². The zero-order valence-corrected chi connectivity index (χ0v) is 9.34. The smallest absolute Gasteiger partial charge is 0.134 e. The van der Waals surface area contributed by atoms with Gasteiger partial charge in [-0.25, -0.2) is 0 Å². The SMILES string of the molecule is CC(C)CCC(=O)CC(N)C(C)C. The summed E-state index contributed by atoms with van der Waals surface area (Å²) < 4.78 is 0. The molecule has 0 bridgehead atoms. The summed E-state index contributed by atoms with van der Waals surface area (Å²) in [5, 5.41) is 0. The average molecular weight is 185 g/mol. The zero-order chi connectivity index (χ0) is 10.4. The number of carbonyl (C=O) groups excluding carboxylic acids is 1. The highest BCUT2D eigenvalue weighted by Gasteiger charge is 2.12. The van der Waals surface area contributed by atoms with E-state index in [-0.39, 0.29) is 6.04 Å². The van der Waals surface area contributed by atoms with E-state index in [1.54, 1.807) is 0 Å². The Morgan fingerprint density at radius 1 is 1.23 bits per heavy atom. The maximum atomic E-state index is 11.4. The van der Waals surface area contributed by atoms with Gasteiger partial charge >= 0.3 is 0 Å². The van der Waals surface area contributed by atoms with Crippen molar-refractivity contribution >= 4 is 5.78 Å². The van der Waals surface area contributed by atoms with Crippen LogP contribution in [-0.2, 0) is 4.79 Å². The lowest BCUT2D eigenvalue weighted by molar-refractivity contribution is -0.119. The first-order valence-electron chi connectivity index (χ1n) is 5.20. The van der Waals surface area contributed by atoms with Crippen molar-refractivity contribution in [2.24, 2.45) is 17.6 Å². The molecule has 0 heterocycles. The third-order valence-corrected chi connectivity index (χ3v) is 2.32. The molecular weight excluding hydrogens is 162 g/mol. The highest BCUT2D eigenvalue weighted by Crippen LogP contribution is 2.09. The van der Waals surface area contributed by atoms with Gasteiger partial charge in [0.05, 0.1) is 0 Å². The molecule has 1 unspecified atom stereocenters. The molecule has 0 saturated heterocycles. The molecule has 0 aromatic carbocycles. The third kappa shape index (κ3) is 6.76. The Bertz CT molecular complexity index is 152. The maximum absolute atomic E-state index is 11.4. The fourth-order valence-corrected chi connectivity index (χ4v) is 1.05.